The lowest BCUT2D eigenvalue weighted by molar-refractivity contribution is -0.121. The van der Waals surface area contributed by atoms with Gasteiger partial charge in [0.05, 0.1) is 7.11 Å². The van der Waals surface area contributed by atoms with Gasteiger partial charge in [-0.15, -0.1) is 0 Å². The molecule has 1 atom stereocenters. The lowest BCUT2D eigenvalue weighted by atomic mass is 10.2. The fraction of sp³-hybridized carbons (Fsp3) is 0.353. The molecule has 25 heavy (non-hydrogen) atoms. The predicted molar refractivity (Wildman–Crippen MR) is 90.4 cm³/mol. The van der Waals surface area contributed by atoms with Crippen molar-refractivity contribution >= 4 is 23.5 Å². The van der Waals surface area contributed by atoms with E-state index in [-0.39, 0.29) is 12.5 Å². The molecule has 3 rings (SSSR count). The number of hydrogen-bond donors (Lipinski definition) is 2. The van der Waals surface area contributed by atoms with E-state index in [4.69, 9.17) is 4.84 Å². The molecular weight excluding hydrogens is 324 g/mol. The summed E-state index contributed by atoms with van der Waals surface area (Å²) in [6, 6.07) is 6.49. The summed E-state index contributed by atoms with van der Waals surface area (Å²) in [4.78, 5) is 44.1. The van der Waals surface area contributed by atoms with Crippen molar-refractivity contribution in [2.75, 3.05) is 25.1 Å². The van der Waals surface area contributed by atoms with Gasteiger partial charge in [0.25, 0.3) is 5.91 Å². The van der Waals surface area contributed by atoms with Gasteiger partial charge in [-0.2, -0.15) is 5.48 Å². The number of imide groups is 1. The van der Waals surface area contributed by atoms with Crippen molar-refractivity contribution in [2.45, 2.75) is 19.0 Å². The highest BCUT2D eigenvalue weighted by atomic mass is 16.6. The van der Waals surface area contributed by atoms with Gasteiger partial charge < -0.3 is 14.6 Å². The smallest absolute Gasteiger partial charge is 0.311 e. The highest BCUT2D eigenvalue weighted by Crippen LogP contribution is 2.25. The van der Waals surface area contributed by atoms with Crippen LogP contribution in [0.25, 0.3) is 0 Å². The molecule has 4 amide bonds. The number of hydrogen-bond acceptors (Lipinski definition) is 5. The topological polar surface area (TPSA) is 91.0 Å². The van der Waals surface area contributed by atoms with Gasteiger partial charge in [0, 0.05) is 31.4 Å². The molecular formula is C17H20N4O4. The van der Waals surface area contributed by atoms with Crippen molar-refractivity contribution in [3.63, 3.8) is 0 Å². The van der Waals surface area contributed by atoms with Crippen LogP contribution in [0.4, 0.5) is 10.5 Å². The Morgan fingerprint density at radius 2 is 2.00 bits per heavy atom. The monoisotopic (exact) mass is 344 g/mol. The van der Waals surface area contributed by atoms with Gasteiger partial charge in [0.2, 0.25) is 5.91 Å². The molecule has 2 N–H and O–H groups in total. The highest BCUT2D eigenvalue weighted by Gasteiger charge is 2.39. The summed E-state index contributed by atoms with van der Waals surface area (Å²) >= 11 is 0. The van der Waals surface area contributed by atoms with Crippen LogP contribution in [-0.4, -0.2) is 49.0 Å². The van der Waals surface area contributed by atoms with E-state index >= 15 is 0 Å². The van der Waals surface area contributed by atoms with E-state index in [1.165, 1.54) is 11.0 Å². The molecule has 1 unspecified atom stereocenters. The fourth-order valence-corrected chi connectivity index (χ4v) is 3.00. The number of carbonyl (C=O) groups excluding carboxylic acids is 3. The van der Waals surface area contributed by atoms with Gasteiger partial charge in [-0.05, 0) is 24.1 Å². The average Bonchev–Trinajstić information content (AvgIpc) is 2.89. The molecule has 1 fully saturated rings. The average molecular weight is 344 g/mol. The molecule has 0 aromatic heterocycles. The van der Waals surface area contributed by atoms with E-state index < -0.39 is 18.0 Å². The number of nitrogens with zero attached hydrogens (tertiary/aromatic N) is 2. The van der Waals surface area contributed by atoms with Crippen LogP contribution in [-0.2, 0) is 21.0 Å². The minimum Gasteiger partial charge on any atom is -0.311 e. The first-order valence-corrected chi connectivity index (χ1v) is 8.04. The van der Waals surface area contributed by atoms with Crippen LogP contribution in [0.1, 0.15) is 12.0 Å². The SMILES string of the molecule is CONCc1ccc(N2CCC(N3CC=CC(=O)NC3=O)C2=O)cc1. The number of rotatable bonds is 5. The summed E-state index contributed by atoms with van der Waals surface area (Å²) in [5.41, 5.74) is 4.58. The molecule has 8 nitrogen and oxygen atoms in total. The maximum Gasteiger partial charge on any atom is 0.325 e. The number of benzene rings is 1. The van der Waals surface area contributed by atoms with Gasteiger partial charge in [-0.3, -0.25) is 14.9 Å². The van der Waals surface area contributed by atoms with Crippen molar-refractivity contribution < 1.29 is 19.2 Å². The Hall–Kier alpha value is -2.71. The Morgan fingerprint density at radius 3 is 2.72 bits per heavy atom. The van der Waals surface area contributed by atoms with Gasteiger partial charge >= 0.3 is 6.03 Å². The maximum atomic E-state index is 12.8. The molecule has 2 heterocycles. The Labute approximate surface area is 145 Å². The highest BCUT2D eigenvalue weighted by molar-refractivity contribution is 6.05. The van der Waals surface area contributed by atoms with Crippen LogP contribution in [0, 0.1) is 0 Å². The van der Waals surface area contributed by atoms with Crippen molar-refractivity contribution in [3.8, 4) is 0 Å². The fourth-order valence-electron chi connectivity index (χ4n) is 3.00. The molecule has 0 radical (unpaired) electrons. The first-order chi connectivity index (χ1) is 12.1. The molecule has 0 saturated carbocycles. The van der Waals surface area contributed by atoms with Crippen LogP contribution in [0.5, 0.6) is 0 Å². The Morgan fingerprint density at radius 1 is 1.24 bits per heavy atom. The third-order valence-corrected chi connectivity index (χ3v) is 4.28. The maximum absolute atomic E-state index is 12.8. The van der Waals surface area contributed by atoms with E-state index in [2.05, 4.69) is 10.8 Å². The van der Waals surface area contributed by atoms with Gasteiger partial charge in [0.1, 0.15) is 6.04 Å². The molecule has 2 aliphatic heterocycles. The van der Waals surface area contributed by atoms with Gasteiger partial charge in [0.15, 0.2) is 0 Å². The zero-order chi connectivity index (χ0) is 17.8. The Kier molecular flexibility index (Phi) is 5.11. The van der Waals surface area contributed by atoms with E-state index in [0.717, 1.165) is 11.3 Å². The van der Waals surface area contributed by atoms with Crippen LogP contribution < -0.4 is 15.7 Å². The predicted octanol–water partition coefficient (Wildman–Crippen LogP) is 0.551. The quantitative estimate of drug-likeness (QED) is 0.762. The number of nitrogens with one attached hydrogen (secondary N) is 2. The van der Waals surface area contributed by atoms with Crippen molar-refractivity contribution in [1.82, 2.24) is 15.7 Å². The number of amides is 4. The summed E-state index contributed by atoms with van der Waals surface area (Å²) in [5, 5.41) is 2.24. The molecule has 0 spiro atoms. The summed E-state index contributed by atoms with van der Waals surface area (Å²) < 4.78 is 0. The van der Waals surface area contributed by atoms with Crippen LogP contribution in [0.2, 0.25) is 0 Å². The lowest BCUT2D eigenvalue weighted by Crippen LogP contribution is -2.49. The van der Waals surface area contributed by atoms with Crippen molar-refractivity contribution in [1.29, 1.82) is 0 Å². The summed E-state index contributed by atoms with van der Waals surface area (Å²) in [6.45, 7) is 1.34. The molecule has 1 aromatic rings. The first-order valence-electron chi connectivity index (χ1n) is 8.04. The molecule has 0 aliphatic carbocycles. The molecule has 132 valence electrons. The number of hydroxylamine groups is 1. The summed E-state index contributed by atoms with van der Waals surface area (Å²) in [6.07, 6.45) is 3.43. The largest absolute Gasteiger partial charge is 0.325 e. The number of urea groups is 1. The van der Waals surface area contributed by atoms with Gasteiger partial charge in [-0.1, -0.05) is 18.2 Å². The number of anilines is 1. The van der Waals surface area contributed by atoms with E-state index in [1.807, 2.05) is 24.3 Å². The molecule has 8 heteroatoms. The van der Waals surface area contributed by atoms with Crippen LogP contribution >= 0.6 is 0 Å². The van der Waals surface area contributed by atoms with E-state index in [0.29, 0.717) is 19.5 Å². The molecule has 1 aromatic carbocycles. The third-order valence-electron chi connectivity index (χ3n) is 4.28. The van der Waals surface area contributed by atoms with Crippen molar-refractivity contribution in [3.05, 3.63) is 42.0 Å². The second-order valence-corrected chi connectivity index (χ2v) is 5.84. The van der Waals surface area contributed by atoms with Crippen molar-refractivity contribution in [2.24, 2.45) is 0 Å². The van der Waals surface area contributed by atoms with Gasteiger partial charge in [-0.25, -0.2) is 4.79 Å². The van der Waals surface area contributed by atoms with E-state index in [9.17, 15) is 14.4 Å². The molecule has 2 aliphatic rings. The Balaban J connectivity index is 1.70. The van der Waals surface area contributed by atoms with Crippen LogP contribution in [0.3, 0.4) is 0 Å². The zero-order valence-electron chi connectivity index (χ0n) is 13.9. The second kappa shape index (κ2) is 7.45. The molecule has 0 bridgehead atoms. The third kappa shape index (κ3) is 3.70. The molecule has 1 saturated heterocycles. The van der Waals surface area contributed by atoms with E-state index in [1.54, 1.807) is 18.1 Å². The summed E-state index contributed by atoms with van der Waals surface area (Å²) in [7, 11) is 1.55. The second-order valence-electron chi connectivity index (χ2n) is 5.84. The van der Waals surface area contributed by atoms with Crippen LogP contribution in [0.15, 0.2) is 36.4 Å². The minimum absolute atomic E-state index is 0.138. The summed E-state index contributed by atoms with van der Waals surface area (Å²) in [5.74, 6) is -0.601. The minimum atomic E-state index is -0.564. The number of carbonyl (C=O) groups is 3. The first kappa shape index (κ1) is 17.1. The normalized spacial score (nSPS) is 20.8. The lowest BCUT2D eigenvalue weighted by Gasteiger charge is -2.25. The zero-order valence-corrected chi connectivity index (χ0v) is 13.9. The Bertz CT molecular complexity index is 701. The standard InChI is InChI=1S/C17H20N4O4/c1-25-18-11-12-4-6-13(7-5-12)20-10-8-14(16(20)23)21-9-2-3-15(22)19-17(21)24/h2-7,14,18H,8-11H2,1H3,(H,19,22,24).